The molecule has 4 rings (SSSR count). The first-order valence-electron chi connectivity index (χ1n) is 8.93. The van der Waals surface area contributed by atoms with E-state index in [1.807, 2.05) is 6.07 Å². The van der Waals surface area contributed by atoms with Gasteiger partial charge in [-0.3, -0.25) is 0 Å². The molecule has 1 fully saturated rings. The summed E-state index contributed by atoms with van der Waals surface area (Å²) in [6.45, 7) is 2.93. The van der Waals surface area contributed by atoms with Gasteiger partial charge in [0.25, 0.3) is 0 Å². The van der Waals surface area contributed by atoms with E-state index in [1.54, 1.807) is 12.1 Å². The number of rotatable bonds is 3. The molecule has 1 aromatic heterocycles. The Labute approximate surface area is 176 Å². The molecule has 0 amide bonds. The van der Waals surface area contributed by atoms with E-state index < -0.39 is 17.7 Å². The molecule has 0 aliphatic carbocycles. The molecule has 9 heteroatoms. The van der Waals surface area contributed by atoms with E-state index in [4.69, 9.17) is 11.6 Å². The maximum atomic E-state index is 13.8. The molecule has 1 aliphatic rings. The number of nitrogens with zero attached hydrogens (tertiary/aromatic N) is 2. The minimum atomic E-state index is -4.52. The van der Waals surface area contributed by atoms with Crippen molar-refractivity contribution < 1.29 is 17.6 Å². The smallest absolute Gasteiger partial charge is 0.368 e. The van der Waals surface area contributed by atoms with Crippen molar-refractivity contribution in [1.82, 2.24) is 9.88 Å². The zero-order chi connectivity index (χ0) is 19.9. The second-order valence-electron chi connectivity index (χ2n) is 6.81. The van der Waals surface area contributed by atoms with Gasteiger partial charge in [0.15, 0.2) is 0 Å². The Morgan fingerprint density at radius 3 is 2.41 bits per heavy atom. The molecule has 156 valence electrons. The number of hydrogen-bond acceptors (Lipinski definition) is 2. The van der Waals surface area contributed by atoms with Crippen molar-refractivity contribution >= 4 is 40.6 Å². The third kappa shape index (κ3) is 4.32. The summed E-state index contributed by atoms with van der Waals surface area (Å²) in [5.74, 6) is -0.648. The third-order valence-corrected chi connectivity index (χ3v) is 5.30. The molecule has 0 unspecified atom stereocenters. The SMILES string of the molecule is Cl.Fc1cc(Cn2c(C(F)(F)F)cc3c(N4CCNCC4)cccc32)ccc1Cl. The molecule has 3 aromatic rings. The maximum Gasteiger partial charge on any atom is 0.431 e. The molecule has 0 saturated carbocycles. The molecule has 1 aliphatic heterocycles. The predicted molar refractivity (Wildman–Crippen MR) is 110 cm³/mol. The fourth-order valence-corrected chi connectivity index (χ4v) is 3.79. The highest BCUT2D eigenvalue weighted by Crippen LogP contribution is 2.38. The topological polar surface area (TPSA) is 20.2 Å². The molecule has 0 spiro atoms. The van der Waals surface area contributed by atoms with Crippen LogP contribution in [-0.2, 0) is 12.7 Å². The number of anilines is 1. The van der Waals surface area contributed by atoms with Gasteiger partial charge >= 0.3 is 6.18 Å². The molecule has 29 heavy (non-hydrogen) atoms. The van der Waals surface area contributed by atoms with E-state index in [0.717, 1.165) is 31.9 Å². The van der Waals surface area contributed by atoms with E-state index in [9.17, 15) is 17.6 Å². The zero-order valence-electron chi connectivity index (χ0n) is 15.3. The van der Waals surface area contributed by atoms with Gasteiger partial charge in [-0.15, -0.1) is 12.4 Å². The molecule has 2 aromatic carbocycles. The Bertz CT molecular complexity index is 1010. The Morgan fingerprint density at radius 2 is 1.76 bits per heavy atom. The first kappa shape index (κ1) is 21.7. The van der Waals surface area contributed by atoms with Crippen LogP contribution in [0.15, 0.2) is 42.5 Å². The van der Waals surface area contributed by atoms with Crippen molar-refractivity contribution in [1.29, 1.82) is 0 Å². The Morgan fingerprint density at radius 1 is 1.03 bits per heavy atom. The molecular formula is C20H19Cl2F4N3. The number of piperazine rings is 1. The minimum Gasteiger partial charge on any atom is -0.368 e. The predicted octanol–water partition coefficient (Wildman–Crippen LogP) is 5.33. The second kappa shape index (κ2) is 8.42. The van der Waals surface area contributed by atoms with Crippen LogP contribution in [0.3, 0.4) is 0 Å². The molecular weight excluding hydrogens is 429 g/mol. The van der Waals surface area contributed by atoms with Crippen molar-refractivity contribution in [3.63, 3.8) is 0 Å². The average molecular weight is 448 g/mol. The molecule has 3 nitrogen and oxygen atoms in total. The van der Waals surface area contributed by atoms with E-state index in [2.05, 4.69) is 10.2 Å². The summed E-state index contributed by atoms with van der Waals surface area (Å²) in [4.78, 5) is 2.09. The lowest BCUT2D eigenvalue weighted by Crippen LogP contribution is -2.43. The van der Waals surface area contributed by atoms with Crippen LogP contribution >= 0.6 is 24.0 Å². The van der Waals surface area contributed by atoms with Crippen molar-refractivity contribution in [2.45, 2.75) is 12.7 Å². The van der Waals surface area contributed by atoms with Crippen LogP contribution in [0.4, 0.5) is 23.2 Å². The van der Waals surface area contributed by atoms with E-state index in [0.29, 0.717) is 16.5 Å². The average Bonchev–Trinajstić information content (AvgIpc) is 3.04. The first-order valence-corrected chi connectivity index (χ1v) is 9.31. The van der Waals surface area contributed by atoms with Crippen LogP contribution in [-0.4, -0.2) is 30.7 Å². The molecule has 1 N–H and O–H groups in total. The lowest BCUT2D eigenvalue weighted by molar-refractivity contribution is -0.143. The molecule has 0 bridgehead atoms. The highest BCUT2D eigenvalue weighted by molar-refractivity contribution is 6.30. The van der Waals surface area contributed by atoms with E-state index >= 15 is 0 Å². The normalized spacial score (nSPS) is 14.9. The van der Waals surface area contributed by atoms with Crippen LogP contribution in [0.5, 0.6) is 0 Å². The summed E-state index contributed by atoms with van der Waals surface area (Å²) in [5, 5.41) is 3.73. The summed E-state index contributed by atoms with van der Waals surface area (Å²) in [5.41, 5.74) is 0.919. The van der Waals surface area contributed by atoms with Crippen LogP contribution in [0.1, 0.15) is 11.3 Å². The number of alkyl halides is 3. The van der Waals surface area contributed by atoms with E-state index in [1.165, 1.54) is 28.8 Å². The summed E-state index contributed by atoms with van der Waals surface area (Å²) in [6, 6.07) is 10.5. The number of hydrogen-bond donors (Lipinski definition) is 1. The van der Waals surface area contributed by atoms with Crippen LogP contribution in [0.25, 0.3) is 10.9 Å². The number of fused-ring (bicyclic) bond motifs is 1. The van der Waals surface area contributed by atoms with E-state index in [-0.39, 0.29) is 24.0 Å². The number of halogens is 6. The number of benzene rings is 2. The van der Waals surface area contributed by atoms with Gasteiger partial charge in [0.1, 0.15) is 11.5 Å². The summed E-state index contributed by atoms with van der Waals surface area (Å²) < 4.78 is 56.3. The van der Waals surface area contributed by atoms with Crippen LogP contribution in [0, 0.1) is 5.82 Å². The van der Waals surface area contributed by atoms with Gasteiger partial charge in [0.05, 0.1) is 10.5 Å². The lowest BCUT2D eigenvalue weighted by atomic mass is 10.1. The Kier molecular flexibility index (Phi) is 6.31. The Hall–Kier alpha value is -1.96. The summed E-state index contributed by atoms with van der Waals surface area (Å²) in [7, 11) is 0. The van der Waals surface area contributed by atoms with Crippen LogP contribution in [0.2, 0.25) is 5.02 Å². The van der Waals surface area contributed by atoms with Crippen molar-refractivity contribution in [2.24, 2.45) is 0 Å². The standard InChI is InChI=1S/C20H18ClF4N3.ClH/c21-15-5-4-13(10-16(15)22)12-28-18-3-1-2-17(27-8-6-26-7-9-27)14(18)11-19(28)20(23,24)25;/h1-5,10-11,26H,6-9,12H2;1H. The van der Waals surface area contributed by atoms with Gasteiger partial charge in [-0.2, -0.15) is 13.2 Å². The maximum absolute atomic E-state index is 13.8. The highest BCUT2D eigenvalue weighted by Gasteiger charge is 2.36. The van der Waals surface area contributed by atoms with Gasteiger partial charge in [-0.25, -0.2) is 4.39 Å². The molecule has 0 radical (unpaired) electrons. The quantitative estimate of drug-likeness (QED) is 0.547. The number of aromatic nitrogens is 1. The molecule has 2 heterocycles. The highest BCUT2D eigenvalue weighted by atomic mass is 35.5. The minimum absolute atomic E-state index is 0. The lowest BCUT2D eigenvalue weighted by Gasteiger charge is -2.30. The zero-order valence-corrected chi connectivity index (χ0v) is 16.8. The van der Waals surface area contributed by atoms with Gasteiger partial charge < -0.3 is 14.8 Å². The summed E-state index contributed by atoms with van der Waals surface area (Å²) >= 11 is 5.70. The fraction of sp³-hybridized carbons (Fsp3) is 0.300. The molecule has 0 atom stereocenters. The van der Waals surface area contributed by atoms with Gasteiger partial charge in [0, 0.05) is 43.8 Å². The Balaban J connectivity index is 0.00000240. The van der Waals surface area contributed by atoms with Gasteiger partial charge in [-0.05, 0) is 35.9 Å². The van der Waals surface area contributed by atoms with Crippen molar-refractivity contribution in [3.8, 4) is 0 Å². The van der Waals surface area contributed by atoms with Crippen molar-refractivity contribution in [3.05, 3.63) is 64.6 Å². The molecule has 1 saturated heterocycles. The first-order chi connectivity index (χ1) is 13.3. The summed E-state index contributed by atoms with van der Waals surface area (Å²) in [6.07, 6.45) is -4.52. The van der Waals surface area contributed by atoms with Gasteiger partial charge in [-0.1, -0.05) is 23.7 Å². The monoisotopic (exact) mass is 447 g/mol. The third-order valence-electron chi connectivity index (χ3n) is 5.00. The van der Waals surface area contributed by atoms with Crippen LogP contribution < -0.4 is 10.2 Å². The largest absolute Gasteiger partial charge is 0.431 e. The van der Waals surface area contributed by atoms with Gasteiger partial charge in [0.2, 0.25) is 0 Å². The second-order valence-corrected chi connectivity index (χ2v) is 7.22. The number of nitrogens with one attached hydrogen (secondary N) is 1. The van der Waals surface area contributed by atoms with Crippen molar-refractivity contribution in [2.75, 3.05) is 31.1 Å². The fourth-order valence-electron chi connectivity index (χ4n) is 3.68.